The SMILES string of the molecule is c1ccc(-c2ccc(-c3ccc(N(c4ccc(-c5ccc6oc7ccccc7c6c5)cc4)c4cccc5ccc6ccccc6c45)c4c3oc3ccccc34)cc2)cc1. The van der Waals surface area contributed by atoms with E-state index >= 15 is 0 Å². The van der Waals surface area contributed by atoms with Gasteiger partial charge in [0, 0.05) is 32.8 Å². The summed E-state index contributed by atoms with van der Waals surface area (Å²) in [5, 5.41) is 9.21. The minimum absolute atomic E-state index is 0.859. The Balaban J connectivity index is 1.08. The zero-order chi connectivity index (χ0) is 38.9. The lowest BCUT2D eigenvalue weighted by molar-refractivity contribution is 0.669. The topological polar surface area (TPSA) is 29.5 Å². The number of rotatable bonds is 6. The normalized spacial score (nSPS) is 11.7. The van der Waals surface area contributed by atoms with Crippen LogP contribution in [0.4, 0.5) is 17.1 Å². The van der Waals surface area contributed by atoms with Crippen LogP contribution in [-0.2, 0) is 0 Å². The molecule has 276 valence electrons. The molecule has 3 heteroatoms. The summed E-state index contributed by atoms with van der Waals surface area (Å²) in [4.78, 5) is 2.43. The highest BCUT2D eigenvalue weighted by molar-refractivity contribution is 6.20. The molecule has 0 unspecified atom stereocenters. The maximum atomic E-state index is 6.87. The quantitative estimate of drug-likeness (QED) is 0.158. The highest BCUT2D eigenvalue weighted by atomic mass is 16.3. The molecular weight excluding hydrogens is 719 g/mol. The van der Waals surface area contributed by atoms with Gasteiger partial charge < -0.3 is 13.7 Å². The molecule has 12 aromatic rings. The van der Waals surface area contributed by atoms with Gasteiger partial charge in [0.2, 0.25) is 0 Å². The average molecular weight is 754 g/mol. The number of anilines is 3. The van der Waals surface area contributed by atoms with Crippen molar-refractivity contribution in [3.8, 4) is 33.4 Å². The largest absolute Gasteiger partial charge is 0.456 e. The molecule has 2 aromatic heterocycles. The summed E-state index contributed by atoms with van der Waals surface area (Å²) in [5.74, 6) is 0. The summed E-state index contributed by atoms with van der Waals surface area (Å²) >= 11 is 0. The van der Waals surface area contributed by atoms with Crippen LogP contribution in [-0.4, -0.2) is 0 Å². The first kappa shape index (κ1) is 33.3. The van der Waals surface area contributed by atoms with E-state index in [-0.39, 0.29) is 0 Å². The third-order valence-electron chi connectivity index (χ3n) is 11.9. The molecule has 0 N–H and O–H groups in total. The molecule has 0 aliphatic carbocycles. The van der Waals surface area contributed by atoms with Gasteiger partial charge in [0.05, 0.1) is 16.8 Å². The lowest BCUT2D eigenvalue weighted by atomic mass is 9.96. The Bertz CT molecular complexity index is 3540. The highest BCUT2D eigenvalue weighted by Crippen LogP contribution is 2.49. The van der Waals surface area contributed by atoms with E-state index in [1.165, 1.54) is 32.7 Å². The third kappa shape index (κ3) is 5.44. The van der Waals surface area contributed by atoms with Gasteiger partial charge in [-0.15, -0.1) is 0 Å². The van der Waals surface area contributed by atoms with Crippen molar-refractivity contribution in [1.29, 1.82) is 0 Å². The monoisotopic (exact) mass is 753 g/mol. The first-order valence-electron chi connectivity index (χ1n) is 20.1. The number of fused-ring (bicyclic) bond motifs is 9. The minimum atomic E-state index is 0.859. The maximum Gasteiger partial charge on any atom is 0.145 e. The highest BCUT2D eigenvalue weighted by Gasteiger charge is 2.24. The fourth-order valence-electron chi connectivity index (χ4n) is 9.04. The van der Waals surface area contributed by atoms with Gasteiger partial charge in [0.25, 0.3) is 0 Å². The van der Waals surface area contributed by atoms with Gasteiger partial charge >= 0.3 is 0 Å². The zero-order valence-electron chi connectivity index (χ0n) is 32.0. The van der Waals surface area contributed by atoms with Gasteiger partial charge in [-0.2, -0.15) is 0 Å². The molecule has 0 bridgehead atoms. The molecule has 0 fully saturated rings. The fraction of sp³-hybridized carbons (Fsp3) is 0. The molecule has 0 atom stereocenters. The van der Waals surface area contributed by atoms with Crippen LogP contribution < -0.4 is 4.90 Å². The molecule has 3 nitrogen and oxygen atoms in total. The lowest BCUT2D eigenvalue weighted by Crippen LogP contribution is -2.11. The van der Waals surface area contributed by atoms with Crippen molar-refractivity contribution >= 4 is 82.5 Å². The molecule has 0 aliphatic heterocycles. The summed E-state index contributed by atoms with van der Waals surface area (Å²) in [6, 6.07) is 75.8. The second-order valence-electron chi connectivity index (χ2n) is 15.2. The molecule has 12 rings (SSSR count). The second-order valence-corrected chi connectivity index (χ2v) is 15.2. The summed E-state index contributed by atoms with van der Waals surface area (Å²) < 4.78 is 13.0. The summed E-state index contributed by atoms with van der Waals surface area (Å²) in [6.45, 7) is 0. The summed E-state index contributed by atoms with van der Waals surface area (Å²) in [7, 11) is 0. The van der Waals surface area contributed by atoms with Crippen molar-refractivity contribution in [3.63, 3.8) is 0 Å². The average Bonchev–Trinajstić information content (AvgIpc) is 3.89. The molecule has 0 spiro atoms. The second kappa shape index (κ2) is 13.4. The van der Waals surface area contributed by atoms with Gasteiger partial charge in [-0.1, -0.05) is 158 Å². The first-order chi connectivity index (χ1) is 29.2. The molecule has 0 saturated heterocycles. The van der Waals surface area contributed by atoms with E-state index < -0.39 is 0 Å². The predicted molar refractivity (Wildman–Crippen MR) is 247 cm³/mol. The van der Waals surface area contributed by atoms with Crippen molar-refractivity contribution < 1.29 is 8.83 Å². The van der Waals surface area contributed by atoms with E-state index in [0.29, 0.717) is 0 Å². The van der Waals surface area contributed by atoms with Gasteiger partial charge in [-0.05, 0) is 98.6 Å². The van der Waals surface area contributed by atoms with Crippen LogP contribution in [0.1, 0.15) is 0 Å². The first-order valence-corrected chi connectivity index (χ1v) is 20.1. The molecular formula is C56H35NO2. The van der Waals surface area contributed by atoms with Crippen molar-refractivity contribution in [3.05, 3.63) is 212 Å². The van der Waals surface area contributed by atoms with E-state index in [4.69, 9.17) is 8.83 Å². The zero-order valence-corrected chi connectivity index (χ0v) is 32.0. The van der Waals surface area contributed by atoms with Crippen molar-refractivity contribution in [1.82, 2.24) is 0 Å². The smallest absolute Gasteiger partial charge is 0.145 e. The molecule has 0 aliphatic rings. The lowest BCUT2D eigenvalue weighted by Gasteiger charge is -2.28. The number of para-hydroxylation sites is 2. The number of hydrogen-bond donors (Lipinski definition) is 0. The number of benzene rings is 10. The van der Waals surface area contributed by atoms with Crippen LogP contribution in [0.2, 0.25) is 0 Å². The van der Waals surface area contributed by atoms with E-state index in [1.54, 1.807) is 0 Å². The van der Waals surface area contributed by atoms with Gasteiger partial charge in [-0.25, -0.2) is 0 Å². The standard InChI is InChI=1S/C56H35NO2/c1-2-11-36(12-3-1)37-21-23-40(24-22-37)45-32-33-50(55-47-17-7-9-20-52(47)59-56(45)55)57(49-18-10-14-41-26-25-39-13-4-5-15-44(39)54(41)49)43-30-27-38(28-31-43)42-29-34-53-48(35-42)46-16-6-8-19-51(46)58-53/h1-35H. The Labute approximate surface area is 340 Å². The van der Waals surface area contributed by atoms with E-state index in [0.717, 1.165) is 83.2 Å². The van der Waals surface area contributed by atoms with E-state index in [9.17, 15) is 0 Å². The Hall–Kier alpha value is -7.88. The van der Waals surface area contributed by atoms with E-state index in [2.05, 4.69) is 205 Å². The number of hydrogen-bond acceptors (Lipinski definition) is 3. The molecule has 0 radical (unpaired) electrons. The Kier molecular flexibility index (Phi) is 7.54. The predicted octanol–water partition coefficient (Wildman–Crippen LogP) is 16.3. The minimum Gasteiger partial charge on any atom is -0.456 e. The van der Waals surface area contributed by atoms with Crippen LogP contribution in [0.25, 0.3) is 98.8 Å². The number of furan rings is 2. The van der Waals surface area contributed by atoms with Crippen LogP contribution in [0, 0.1) is 0 Å². The van der Waals surface area contributed by atoms with Crippen LogP contribution in [0.5, 0.6) is 0 Å². The van der Waals surface area contributed by atoms with Crippen molar-refractivity contribution in [2.75, 3.05) is 4.90 Å². The van der Waals surface area contributed by atoms with Gasteiger partial charge in [0.1, 0.15) is 22.3 Å². The Morgan fingerprint density at radius 3 is 1.71 bits per heavy atom. The third-order valence-corrected chi connectivity index (χ3v) is 11.9. The van der Waals surface area contributed by atoms with Gasteiger partial charge in [-0.3, -0.25) is 0 Å². The van der Waals surface area contributed by atoms with Crippen LogP contribution in [0.3, 0.4) is 0 Å². The Morgan fingerprint density at radius 1 is 0.305 bits per heavy atom. The molecule has 0 saturated carbocycles. The van der Waals surface area contributed by atoms with Crippen molar-refractivity contribution in [2.45, 2.75) is 0 Å². The molecule has 10 aromatic carbocycles. The molecule has 2 heterocycles. The Morgan fingerprint density at radius 2 is 0.881 bits per heavy atom. The maximum absolute atomic E-state index is 6.87. The van der Waals surface area contributed by atoms with E-state index in [1.807, 2.05) is 12.1 Å². The number of nitrogens with zero attached hydrogens (tertiary/aromatic N) is 1. The van der Waals surface area contributed by atoms with Crippen LogP contribution >= 0.6 is 0 Å². The summed E-state index contributed by atoms with van der Waals surface area (Å²) in [6.07, 6.45) is 0. The summed E-state index contributed by atoms with van der Waals surface area (Å²) in [5.41, 5.74) is 13.5. The molecule has 0 amide bonds. The van der Waals surface area contributed by atoms with Crippen molar-refractivity contribution in [2.24, 2.45) is 0 Å². The molecule has 59 heavy (non-hydrogen) atoms. The van der Waals surface area contributed by atoms with Gasteiger partial charge in [0.15, 0.2) is 0 Å². The fourth-order valence-corrected chi connectivity index (χ4v) is 9.04. The van der Waals surface area contributed by atoms with Crippen LogP contribution in [0.15, 0.2) is 221 Å².